The molecule has 478 valence electrons. The second-order valence-corrected chi connectivity index (χ2v) is 25.9. The van der Waals surface area contributed by atoms with Crippen LogP contribution in [0.2, 0.25) is 0 Å². The Labute approximate surface area is 504 Å². The summed E-state index contributed by atoms with van der Waals surface area (Å²) in [5.41, 5.74) is 0. The van der Waals surface area contributed by atoms with Crippen molar-refractivity contribution in [3.05, 3.63) is 0 Å². The number of carbonyl (C=O) groups is 2. The highest BCUT2D eigenvalue weighted by atomic mass is 16.2. The lowest BCUT2D eigenvalue weighted by atomic mass is 10.0. The van der Waals surface area contributed by atoms with Crippen molar-refractivity contribution >= 4 is 12.1 Å². The molecule has 0 aliphatic heterocycles. The minimum absolute atomic E-state index is 0.0685. The molecule has 0 fully saturated rings. The van der Waals surface area contributed by atoms with Gasteiger partial charge in [0.2, 0.25) is 0 Å². The summed E-state index contributed by atoms with van der Waals surface area (Å²) in [6.45, 7) is 11.8. The molecule has 2 N–H and O–H groups in total. The molecule has 0 rings (SSSR count). The van der Waals surface area contributed by atoms with Crippen LogP contribution in [0.3, 0.4) is 0 Å². The molecule has 0 saturated heterocycles. The van der Waals surface area contributed by atoms with E-state index in [9.17, 15) is 9.59 Å². The van der Waals surface area contributed by atoms with Crippen LogP contribution in [0.4, 0.5) is 9.59 Å². The van der Waals surface area contributed by atoms with E-state index < -0.39 is 0 Å². The van der Waals surface area contributed by atoms with Crippen LogP contribution in [0.25, 0.3) is 0 Å². The van der Waals surface area contributed by atoms with E-state index in [0.717, 1.165) is 38.5 Å². The summed E-state index contributed by atoms with van der Waals surface area (Å²) in [6, 6.07) is -0.137. The third-order valence-electron chi connectivity index (χ3n) is 17.8. The predicted molar refractivity (Wildman–Crippen MR) is 358 cm³/mol. The maximum absolute atomic E-state index is 14.2. The zero-order chi connectivity index (χ0) is 57.8. The third-order valence-corrected chi connectivity index (χ3v) is 17.8. The van der Waals surface area contributed by atoms with Crippen LogP contribution in [-0.4, -0.2) is 48.3 Å². The normalized spacial score (nSPS) is 11.5. The Bertz CT molecular complexity index is 1080. The van der Waals surface area contributed by atoms with Gasteiger partial charge in [0.05, 0.1) is 0 Å². The SMILES string of the molecule is CCCCCCCCCCCCCCCCCCNC(=O)N(CCCCCCCCCCCCCCCCCC)N(CCCCCCCCCCCCCCCCCC)C(=O)NCCCCCCCCCCCCCCCCCC. The van der Waals surface area contributed by atoms with Crippen LogP contribution < -0.4 is 10.6 Å². The van der Waals surface area contributed by atoms with Crippen molar-refractivity contribution in [1.29, 1.82) is 0 Å². The van der Waals surface area contributed by atoms with Crippen LogP contribution >= 0.6 is 0 Å². The van der Waals surface area contributed by atoms with Gasteiger partial charge in [-0.2, -0.15) is 0 Å². The number of nitrogens with one attached hydrogen (secondary N) is 2. The molecular weight excluding hydrogens is 977 g/mol. The highest BCUT2D eigenvalue weighted by molar-refractivity contribution is 5.80. The molecule has 0 aromatic heterocycles. The number of urea groups is 2. The molecule has 4 amide bonds. The molecule has 0 bridgehead atoms. The van der Waals surface area contributed by atoms with Gasteiger partial charge in [-0.05, 0) is 25.7 Å². The van der Waals surface area contributed by atoms with Crippen molar-refractivity contribution in [2.24, 2.45) is 0 Å². The number of hydrogen-bond donors (Lipinski definition) is 2. The van der Waals surface area contributed by atoms with E-state index in [1.54, 1.807) is 0 Å². The second kappa shape index (κ2) is 70.0. The van der Waals surface area contributed by atoms with Crippen molar-refractivity contribution < 1.29 is 9.59 Å². The predicted octanol–water partition coefficient (Wildman–Crippen LogP) is 26.0. The average Bonchev–Trinajstić information content (AvgIpc) is 3.47. The van der Waals surface area contributed by atoms with Crippen LogP contribution in [0.1, 0.15) is 439 Å². The highest BCUT2D eigenvalue weighted by Gasteiger charge is 2.25. The molecule has 0 unspecified atom stereocenters. The van der Waals surface area contributed by atoms with Crippen LogP contribution in [0.5, 0.6) is 0 Å². The molecule has 6 nitrogen and oxygen atoms in total. The molecule has 0 radical (unpaired) electrons. The van der Waals surface area contributed by atoms with E-state index in [4.69, 9.17) is 0 Å². The molecule has 0 aromatic rings. The van der Waals surface area contributed by atoms with Crippen LogP contribution in [0.15, 0.2) is 0 Å². The van der Waals surface area contributed by atoms with Gasteiger partial charge in [-0.1, -0.05) is 413 Å². The Morgan fingerprint density at radius 3 is 0.463 bits per heavy atom. The molecular formula is C74H150N4O2. The number of rotatable bonds is 68. The van der Waals surface area contributed by atoms with Crippen molar-refractivity contribution in [1.82, 2.24) is 20.7 Å². The van der Waals surface area contributed by atoms with Gasteiger partial charge >= 0.3 is 12.1 Å². The lowest BCUT2D eigenvalue weighted by molar-refractivity contribution is 0.0430. The zero-order valence-electron chi connectivity index (χ0n) is 55.8. The summed E-state index contributed by atoms with van der Waals surface area (Å²) in [6.07, 6.45) is 85.8. The average molecular weight is 1130 g/mol. The number of amides is 4. The maximum atomic E-state index is 14.2. The van der Waals surface area contributed by atoms with E-state index >= 15 is 0 Å². The number of hydrogen-bond acceptors (Lipinski definition) is 2. The largest absolute Gasteiger partial charge is 0.337 e. The van der Waals surface area contributed by atoms with E-state index in [0.29, 0.717) is 26.2 Å². The van der Waals surface area contributed by atoms with Gasteiger partial charge in [-0.15, -0.1) is 0 Å². The fraction of sp³-hybridized carbons (Fsp3) is 0.973. The molecule has 0 heterocycles. The first-order chi connectivity index (χ1) is 39.6. The summed E-state index contributed by atoms with van der Waals surface area (Å²) in [4.78, 5) is 28.5. The fourth-order valence-electron chi connectivity index (χ4n) is 12.2. The smallest absolute Gasteiger partial charge is 0.336 e. The van der Waals surface area contributed by atoms with E-state index in [2.05, 4.69) is 38.3 Å². The zero-order valence-corrected chi connectivity index (χ0v) is 55.8. The van der Waals surface area contributed by atoms with Crippen LogP contribution in [-0.2, 0) is 0 Å². The molecule has 80 heavy (non-hydrogen) atoms. The molecule has 0 aliphatic carbocycles. The summed E-state index contributed by atoms with van der Waals surface area (Å²) in [5, 5.41) is 10.3. The number of nitrogens with zero attached hydrogens (tertiary/aromatic N) is 2. The van der Waals surface area contributed by atoms with E-state index in [1.807, 2.05) is 10.0 Å². The van der Waals surface area contributed by atoms with Crippen molar-refractivity contribution in [3.63, 3.8) is 0 Å². The van der Waals surface area contributed by atoms with Crippen molar-refractivity contribution in [2.45, 2.75) is 439 Å². The Kier molecular flexibility index (Phi) is 68.8. The molecule has 0 spiro atoms. The molecule has 0 aromatic carbocycles. The quantitative estimate of drug-likeness (QED) is 0.0471. The number of carbonyl (C=O) groups excluding carboxylic acids is 2. The molecule has 6 heteroatoms. The van der Waals surface area contributed by atoms with Gasteiger partial charge in [0.1, 0.15) is 0 Å². The van der Waals surface area contributed by atoms with E-state index in [-0.39, 0.29) is 12.1 Å². The minimum atomic E-state index is -0.0685. The number of hydrazine groups is 1. The monoisotopic (exact) mass is 1130 g/mol. The first-order valence-electron chi connectivity index (χ1n) is 37.7. The number of unbranched alkanes of at least 4 members (excludes halogenated alkanes) is 60. The van der Waals surface area contributed by atoms with Gasteiger partial charge < -0.3 is 10.6 Å². The first-order valence-corrected chi connectivity index (χ1v) is 37.7. The third kappa shape index (κ3) is 61.1. The Morgan fingerprint density at radius 2 is 0.312 bits per heavy atom. The van der Waals surface area contributed by atoms with E-state index in [1.165, 1.54) is 372 Å². The summed E-state index contributed by atoms with van der Waals surface area (Å²) < 4.78 is 0. The Balaban J connectivity index is 5.16. The summed E-state index contributed by atoms with van der Waals surface area (Å²) >= 11 is 0. The summed E-state index contributed by atoms with van der Waals surface area (Å²) in [7, 11) is 0. The lowest BCUT2D eigenvalue weighted by Crippen LogP contribution is -2.56. The molecule has 0 aliphatic rings. The highest BCUT2D eigenvalue weighted by Crippen LogP contribution is 2.19. The topological polar surface area (TPSA) is 64.7 Å². The lowest BCUT2D eigenvalue weighted by Gasteiger charge is -2.35. The summed E-state index contributed by atoms with van der Waals surface area (Å²) in [5.74, 6) is 0. The van der Waals surface area contributed by atoms with Gasteiger partial charge in [-0.3, -0.25) is 0 Å². The fourth-order valence-corrected chi connectivity index (χ4v) is 12.2. The van der Waals surface area contributed by atoms with Crippen LogP contribution in [0, 0.1) is 0 Å². The van der Waals surface area contributed by atoms with Crippen molar-refractivity contribution in [2.75, 3.05) is 26.2 Å². The van der Waals surface area contributed by atoms with Gasteiger partial charge in [-0.25, -0.2) is 19.6 Å². The van der Waals surface area contributed by atoms with Gasteiger partial charge in [0.15, 0.2) is 0 Å². The molecule has 0 saturated carbocycles. The Hall–Kier alpha value is -1.46. The van der Waals surface area contributed by atoms with Gasteiger partial charge in [0.25, 0.3) is 0 Å². The standard InChI is InChI=1S/C74H150N4O2/c1-5-9-13-17-21-25-29-33-37-41-45-49-53-57-61-65-69-75-73(79)77(71-67-63-59-55-51-47-43-39-35-31-27-23-19-15-11-7-3)78(72-68-64-60-56-52-48-44-40-36-32-28-24-20-16-12-8-4)74(80)76-70-66-62-58-54-50-46-42-38-34-30-26-22-18-14-10-6-2/h5-72H2,1-4H3,(H,75,79)(H,76,80). The van der Waals surface area contributed by atoms with Gasteiger partial charge in [0, 0.05) is 26.2 Å². The second-order valence-electron chi connectivity index (χ2n) is 25.9. The molecule has 0 atom stereocenters. The van der Waals surface area contributed by atoms with Crippen molar-refractivity contribution in [3.8, 4) is 0 Å². The first kappa shape index (κ1) is 78.5. The Morgan fingerprint density at radius 1 is 0.188 bits per heavy atom. The maximum Gasteiger partial charge on any atom is 0.336 e. The minimum Gasteiger partial charge on any atom is -0.337 e.